The molecular weight excluding hydrogens is 283 g/mol. The molecule has 0 saturated heterocycles. The molecule has 1 atom stereocenters. The molecule has 0 spiro atoms. The normalized spacial score (nSPS) is 12.1. The van der Waals surface area contributed by atoms with E-state index >= 15 is 0 Å². The molecule has 0 heterocycles. The second-order valence-corrected chi connectivity index (χ2v) is 3.68. The predicted molar refractivity (Wildman–Crippen MR) is 56.2 cm³/mol. The van der Waals surface area contributed by atoms with Gasteiger partial charge in [0.2, 0.25) is 0 Å². The highest BCUT2D eigenvalue weighted by molar-refractivity contribution is 14.1. The number of carboxylic acids is 1. The van der Waals surface area contributed by atoms with Crippen LogP contribution in [0.25, 0.3) is 0 Å². The molecule has 1 unspecified atom stereocenters. The number of ketones is 1. The molecule has 13 heavy (non-hydrogen) atoms. The van der Waals surface area contributed by atoms with E-state index in [0.29, 0.717) is 5.56 Å². The van der Waals surface area contributed by atoms with Gasteiger partial charge in [-0.15, -0.1) is 0 Å². The summed E-state index contributed by atoms with van der Waals surface area (Å²) in [4.78, 5) is 21.9. The van der Waals surface area contributed by atoms with Crippen LogP contribution in [-0.2, 0) is 4.79 Å². The molecule has 3 nitrogen and oxygen atoms in total. The number of carboxylic acid groups (broad SMARTS) is 1. The van der Waals surface area contributed by atoms with Crippen LogP contribution in [0.3, 0.4) is 0 Å². The average molecular weight is 290 g/mol. The second-order valence-electron chi connectivity index (χ2n) is 2.43. The lowest BCUT2D eigenvalue weighted by Crippen LogP contribution is -2.23. The summed E-state index contributed by atoms with van der Waals surface area (Å²) < 4.78 is -1.00. The Bertz CT molecular complexity index is 321. The van der Waals surface area contributed by atoms with Crippen LogP contribution < -0.4 is 0 Å². The number of alkyl halides is 1. The zero-order valence-corrected chi connectivity index (χ0v) is 8.76. The molecule has 4 heteroatoms. The maximum Gasteiger partial charge on any atom is 0.324 e. The van der Waals surface area contributed by atoms with Gasteiger partial charge in [0, 0.05) is 5.56 Å². The van der Waals surface area contributed by atoms with E-state index in [1.807, 2.05) is 0 Å². The minimum Gasteiger partial charge on any atom is -0.480 e. The molecule has 0 saturated carbocycles. The van der Waals surface area contributed by atoms with Gasteiger partial charge in [-0.1, -0.05) is 52.9 Å². The van der Waals surface area contributed by atoms with E-state index in [2.05, 4.69) is 0 Å². The molecule has 0 fully saturated rings. The first kappa shape index (κ1) is 10.2. The fraction of sp³-hybridized carbons (Fsp3) is 0.111. The molecule has 0 radical (unpaired) electrons. The number of carbonyl (C=O) groups is 2. The summed E-state index contributed by atoms with van der Waals surface area (Å²) in [5, 5.41) is 8.59. The second kappa shape index (κ2) is 4.36. The molecule has 0 aliphatic rings. The van der Waals surface area contributed by atoms with Crippen molar-refractivity contribution in [2.75, 3.05) is 0 Å². The number of hydrogen-bond donors (Lipinski definition) is 1. The Kier molecular flexibility index (Phi) is 3.41. The number of Topliss-reactive ketones (excluding diaryl/α,β-unsaturated/α-hetero) is 1. The van der Waals surface area contributed by atoms with Crippen molar-refractivity contribution >= 4 is 34.3 Å². The maximum absolute atomic E-state index is 11.4. The Hall–Kier alpha value is -0.910. The molecule has 1 rings (SSSR count). The molecule has 0 aromatic heterocycles. The minimum absolute atomic E-state index is 0.367. The SMILES string of the molecule is O=C(O)C(I)C(=O)c1ccccc1. The van der Waals surface area contributed by atoms with Crippen molar-refractivity contribution in [3.63, 3.8) is 0 Å². The highest BCUT2D eigenvalue weighted by Gasteiger charge is 2.23. The predicted octanol–water partition coefficient (Wildman–Crippen LogP) is 1.76. The molecule has 0 amide bonds. The minimum atomic E-state index is -1.10. The number of rotatable bonds is 3. The van der Waals surface area contributed by atoms with Crippen LogP contribution in [0.5, 0.6) is 0 Å². The zero-order valence-electron chi connectivity index (χ0n) is 6.61. The van der Waals surface area contributed by atoms with E-state index in [1.54, 1.807) is 52.9 Å². The van der Waals surface area contributed by atoms with Gasteiger partial charge in [0.1, 0.15) is 0 Å². The fourth-order valence-corrected chi connectivity index (χ4v) is 1.22. The largest absolute Gasteiger partial charge is 0.480 e. The summed E-state index contributed by atoms with van der Waals surface area (Å²) in [6.45, 7) is 0. The van der Waals surface area contributed by atoms with E-state index in [4.69, 9.17) is 5.11 Å². The molecule has 1 aromatic rings. The van der Waals surface area contributed by atoms with Gasteiger partial charge >= 0.3 is 5.97 Å². The summed E-state index contributed by atoms with van der Waals surface area (Å²) in [6, 6.07) is 8.41. The van der Waals surface area contributed by atoms with Crippen LogP contribution in [0.2, 0.25) is 0 Å². The number of halogens is 1. The van der Waals surface area contributed by atoms with Crippen LogP contribution in [0.4, 0.5) is 0 Å². The van der Waals surface area contributed by atoms with Crippen molar-refractivity contribution in [2.45, 2.75) is 3.92 Å². The Morgan fingerprint density at radius 2 is 1.77 bits per heavy atom. The monoisotopic (exact) mass is 290 g/mol. The first-order valence-corrected chi connectivity index (χ1v) is 4.83. The van der Waals surface area contributed by atoms with Crippen molar-refractivity contribution in [3.8, 4) is 0 Å². The van der Waals surface area contributed by atoms with Gasteiger partial charge in [-0.3, -0.25) is 9.59 Å². The number of carbonyl (C=O) groups excluding carboxylic acids is 1. The van der Waals surface area contributed by atoms with Gasteiger partial charge in [-0.25, -0.2) is 0 Å². The van der Waals surface area contributed by atoms with Crippen molar-refractivity contribution in [2.24, 2.45) is 0 Å². The molecule has 0 bridgehead atoms. The third kappa shape index (κ3) is 2.51. The van der Waals surface area contributed by atoms with Crippen LogP contribution >= 0.6 is 22.6 Å². The van der Waals surface area contributed by atoms with Crippen molar-refractivity contribution in [1.29, 1.82) is 0 Å². The fourth-order valence-electron chi connectivity index (χ4n) is 0.861. The summed E-state index contributed by atoms with van der Waals surface area (Å²) >= 11 is 1.61. The van der Waals surface area contributed by atoms with Crippen LogP contribution in [0.1, 0.15) is 10.4 Å². The van der Waals surface area contributed by atoms with E-state index in [9.17, 15) is 9.59 Å². The Balaban J connectivity index is 2.86. The summed E-state index contributed by atoms with van der Waals surface area (Å²) in [5.74, 6) is -1.47. The Morgan fingerprint density at radius 3 is 2.23 bits per heavy atom. The topological polar surface area (TPSA) is 54.4 Å². The number of hydrogen-bond acceptors (Lipinski definition) is 2. The van der Waals surface area contributed by atoms with E-state index in [1.165, 1.54) is 0 Å². The summed E-state index contributed by atoms with van der Waals surface area (Å²) in [5.41, 5.74) is 0.435. The van der Waals surface area contributed by atoms with Crippen molar-refractivity contribution < 1.29 is 14.7 Å². The van der Waals surface area contributed by atoms with E-state index in [-0.39, 0.29) is 5.78 Å². The van der Waals surface area contributed by atoms with E-state index in [0.717, 1.165) is 0 Å². The lowest BCUT2D eigenvalue weighted by atomic mass is 10.1. The number of benzene rings is 1. The molecule has 0 aliphatic heterocycles. The molecular formula is C9H7IO3. The molecule has 68 valence electrons. The molecule has 0 aliphatic carbocycles. The van der Waals surface area contributed by atoms with E-state index < -0.39 is 9.89 Å². The number of aliphatic carboxylic acids is 1. The Morgan fingerprint density at radius 1 is 1.23 bits per heavy atom. The van der Waals surface area contributed by atoms with Crippen molar-refractivity contribution in [1.82, 2.24) is 0 Å². The standard InChI is InChI=1S/C9H7IO3/c10-7(9(12)13)8(11)6-4-2-1-3-5-6/h1-5,7H,(H,12,13). The average Bonchev–Trinajstić information content (AvgIpc) is 2.17. The Labute approximate surface area is 88.9 Å². The van der Waals surface area contributed by atoms with Crippen molar-refractivity contribution in [3.05, 3.63) is 35.9 Å². The zero-order chi connectivity index (χ0) is 9.84. The van der Waals surface area contributed by atoms with Crippen LogP contribution in [0, 0.1) is 0 Å². The van der Waals surface area contributed by atoms with Crippen LogP contribution in [0.15, 0.2) is 30.3 Å². The van der Waals surface area contributed by atoms with Gasteiger partial charge in [-0.2, -0.15) is 0 Å². The first-order chi connectivity index (χ1) is 6.13. The van der Waals surface area contributed by atoms with Gasteiger partial charge in [0.15, 0.2) is 9.71 Å². The highest BCUT2D eigenvalue weighted by Crippen LogP contribution is 2.10. The quantitative estimate of drug-likeness (QED) is 0.399. The molecule has 1 aromatic carbocycles. The lowest BCUT2D eigenvalue weighted by Gasteiger charge is -2.02. The summed E-state index contributed by atoms with van der Waals surface area (Å²) in [6.07, 6.45) is 0. The highest BCUT2D eigenvalue weighted by atomic mass is 127. The molecule has 1 N–H and O–H groups in total. The summed E-state index contributed by atoms with van der Waals surface area (Å²) in [7, 11) is 0. The van der Waals surface area contributed by atoms with Crippen LogP contribution in [-0.4, -0.2) is 20.8 Å². The smallest absolute Gasteiger partial charge is 0.324 e. The van der Waals surface area contributed by atoms with Gasteiger partial charge in [0.05, 0.1) is 0 Å². The first-order valence-electron chi connectivity index (χ1n) is 3.59. The van der Waals surface area contributed by atoms with Gasteiger partial charge in [0.25, 0.3) is 0 Å². The van der Waals surface area contributed by atoms with Gasteiger partial charge < -0.3 is 5.11 Å². The third-order valence-corrected chi connectivity index (χ3v) is 2.60. The van der Waals surface area contributed by atoms with Gasteiger partial charge in [-0.05, 0) is 0 Å². The maximum atomic E-state index is 11.4. The lowest BCUT2D eigenvalue weighted by molar-refractivity contribution is -0.135. The third-order valence-electron chi connectivity index (χ3n) is 1.51.